The number of anilines is 1. The van der Waals surface area contributed by atoms with Gasteiger partial charge < -0.3 is 5.32 Å². The van der Waals surface area contributed by atoms with Gasteiger partial charge in [0.15, 0.2) is 0 Å². The van der Waals surface area contributed by atoms with E-state index in [9.17, 15) is 4.79 Å². The monoisotopic (exact) mass is 362 g/mol. The van der Waals surface area contributed by atoms with E-state index >= 15 is 0 Å². The fourth-order valence-corrected chi connectivity index (χ4v) is 4.19. The number of amides is 1. The summed E-state index contributed by atoms with van der Waals surface area (Å²) in [5.41, 5.74) is 1.66. The van der Waals surface area contributed by atoms with E-state index in [-0.39, 0.29) is 5.91 Å². The maximum Gasteiger partial charge on any atom is 0.224 e. The first kappa shape index (κ1) is 16.2. The van der Waals surface area contributed by atoms with Crippen molar-refractivity contribution in [1.29, 1.82) is 0 Å². The molecule has 2 heterocycles. The summed E-state index contributed by atoms with van der Waals surface area (Å²) in [5.74, 6) is -0.0405. The molecule has 0 radical (unpaired) electrons. The summed E-state index contributed by atoms with van der Waals surface area (Å²) in [6, 6.07) is 11.3. The molecule has 0 spiro atoms. The van der Waals surface area contributed by atoms with E-state index in [1.807, 2.05) is 30.5 Å². The second kappa shape index (κ2) is 7.25. The average Bonchev–Trinajstić information content (AvgIpc) is 3.16. The van der Waals surface area contributed by atoms with Crippen molar-refractivity contribution >= 4 is 45.9 Å². The first-order valence-electron chi connectivity index (χ1n) is 7.18. The highest BCUT2D eigenvalue weighted by molar-refractivity contribution is 7.15. The standard InChI is InChI=1S/C17H15ClN2OS2/c1-11-19-17(14-7-4-10-22-14)15(23-11)8-9-16(21)20-13-6-3-2-5-12(13)18/h2-7,10H,8-9H2,1H3,(H,20,21). The Morgan fingerprint density at radius 1 is 1.26 bits per heavy atom. The number of nitrogens with zero attached hydrogens (tertiary/aromatic N) is 1. The minimum Gasteiger partial charge on any atom is -0.325 e. The van der Waals surface area contributed by atoms with Crippen molar-refractivity contribution in [3.8, 4) is 10.6 Å². The molecule has 0 aliphatic carbocycles. The number of benzene rings is 1. The number of hydrogen-bond donors (Lipinski definition) is 1. The molecule has 0 saturated heterocycles. The molecule has 1 aromatic carbocycles. The Morgan fingerprint density at radius 2 is 2.09 bits per heavy atom. The third-order valence-corrected chi connectivity index (χ3v) is 5.52. The van der Waals surface area contributed by atoms with Crippen LogP contribution in [0.5, 0.6) is 0 Å². The van der Waals surface area contributed by atoms with Gasteiger partial charge in [-0.3, -0.25) is 4.79 Å². The van der Waals surface area contributed by atoms with Gasteiger partial charge in [-0.15, -0.1) is 22.7 Å². The van der Waals surface area contributed by atoms with Gasteiger partial charge in [-0.2, -0.15) is 0 Å². The molecule has 3 aromatic rings. The molecule has 2 aromatic heterocycles. The zero-order valence-electron chi connectivity index (χ0n) is 12.5. The van der Waals surface area contributed by atoms with E-state index in [1.165, 1.54) is 0 Å². The van der Waals surface area contributed by atoms with Gasteiger partial charge in [0.25, 0.3) is 0 Å². The summed E-state index contributed by atoms with van der Waals surface area (Å²) in [6.07, 6.45) is 1.08. The van der Waals surface area contributed by atoms with E-state index in [2.05, 4.69) is 16.4 Å². The van der Waals surface area contributed by atoms with Crippen LogP contribution in [0.1, 0.15) is 16.3 Å². The number of carbonyl (C=O) groups is 1. The number of carbonyl (C=O) groups excluding carboxylic acids is 1. The molecular formula is C17H15ClN2OS2. The molecule has 1 amide bonds. The van der Waals surface area contributed by atoms with Crippen LogP contribution in [0.2, 0.25) is 5.02 Å². The Labute approximate surface area is 148 Å². The Kier molecular flexibility index (Phi) is 5.10. The summed E-state index contributed by atoms with van der Waals surface area (Å²) in [7, 11) is 0. The van der Waals surface area contributed by atoms with Crippen LogP contribution in [-0.4, -0.2) is 10.9 Å². The molecule has 0 bridgehead atoms. The Hall–Kier alpha value is -1.69. The topological polar surface area (TPSA) is 42.0 Å². The van der Waals surface area contributed by atoms with Crippen LogP contribution in [0.25, 0.3) is 10.6 Å². The number of para-hydroxylation sites is 1. The Morgan fingerprint density at radius 3 is 2.83 bits per heavy atom. The molecule has 3 nitrogen and oxygen atoms in total. The van der Waals surface area contributed by atoms with Crippen molar-refractivity contribution in [2.75, 3.05) is 5.32 Å². The second-order valence-corrected chi connectivity index (χ2v) is 7.65. The quantitative estimate of drug-likeness (QED) is 0.659. The van der Waals surface area contributed by atoms with Crippen molar-refractivity contribution in [2.45, 2.75) is 19.8 Å². The lowest BCUT2D eigenvalue weighted by molar-refractivity contribution is -0.116. The molecule has 0 saturated carbocycles. The normalized spacial score (nSPS) is 10.7. The third-order valence-electron chi connectivity index (χ3n) is 3.29. The van der Waals surface area contributed by atoms with Crippen LogP contribution in [-0.2, 0) is 11.2 Å². The van der Waals surface area contributed by atoms with Gasteiger partial charge in [-0.05, 0) is 36.9 Å². The van der Waals surface area contributed by atoms with Crippen molar-refractivity contribution in [1.82, 2.24) is 4.98 Å². The average molecular weight is 363 g/mol. The lowest BCUT2D eigenvalue weighted by Gasteiger charge is -2.06. The van der Waals surface area contributed by atoms with Crippen LogP contribution in [0.3, 0.4) is 0 Å². The Balaban J connectivity index is 1.67. The lowest BCUT2D eigenvalue weighted by Crippen LogP contribution is -2.12. The highest BCUT2D eigenvalue weighted by Gasteiger charge is 2.14. The molecular weight excluding hydrogens is 348 g/mol. The molecule has 3 rings (SSSR count). The van der Waals surface area contributed by atoms with Crippen LogP contribution in [0, 0.1) is 6.92 Å². The van der Waals surface area contributed by atoms with Gasteiger partial charge in [-0.25, -0.2) is 4.98 Å². The summed E-state index contributed by atoms with van der Waals surface area (Å²) >= 11 is 9.38. The van der Waals surface area contributed by atoms with E-state index in [4.69, 9.17) is 11.6 Å². The van der Waals surface area contributed by atoms with Crippen molar-refractivity contribution in [3.05, 3.63) is 56.7 Å². The zero-order chi connectivity index (χ0) is 16.2. The van der Waals surface area contributed by atoms with Gasteiger partial charge in [0.2, 0.25) is 5.91 Å². The molecule has 0 atom stereocenters. The highest BCUT2D eigenvalue weighted by atomic mass is 35.5. The number of rotatable bonds is 5. The summed E-state index contributed by atoms with van der Waals surface area (Å²) in [5, 5.41) is 6.47. The second-order valence-electron chi connectivity index (χ2n) is 5.01. The number of aromatic nitrogens is 1. The summed E-state index contributed by atoms with van der Waals surface area (Å²) < 4.78 is 0. The van der Waals surface area contributed by atoms with Gasteiger partial charge >= 0.3 is 0 Å². The third kappa shape index (κ3) is 3.99. The molecule has 0 unspecified atom stereocenters. The van der Waals surface area contributed by atoms with Gasteiger partial charge in [0, 0.05) is 11.3 Å². The van der Waals surface area contributed by atoms with Crippen LogP contribution >= 0.6 is 34.3 Å². The maximum atomic E-state index is 12.2. The predicted octanol–water partition coefficient (Wildman–Crippen LogP) is 5.40. The molecule has 6 heteroatoms. The first-order valence-corrected chi connectivity index (χ1v) is 9.25. The predicted molar refractivity (Wildman–Crippen MR) is 98.6 cm³/mol. The molecule has 118 valence electrons. The molecule has 23 heavy (non-hydrogen) atoms. The van der Waals surface area contributed by atoms with Crippen molar-refractivity contribution in [2.24, 2.45) is 0 Å². The molecule has 0 aliphatic heterocycles. The van der Waals surface area contributed by atoms with Crippen LogP contribution < -0.4 is 5.32 Å². The highest BCUT2D eigenvalue weighted by Crippen LogP contribution is 2.32. The van der Waals surface area contributed by atoms with Gasteiger partial charge in [0.05, 0.1) is 26.3 Å². The number of thiazole rings is 1. The summed E-state index contributed by atoms with van der Waals surface area (Å²) in [6.45, 7) is 2.00. The number of nitrogens with one attached hydrogen (secondary N) is 1. The molecule has 0 aliphatic rings. The largest absolute Gasteiger partial charge is 0.325 e. The van der Waals surface area contributed by atoms with E-state index < -0.39 is 0 Å². The summed E-state index contributed by atoms with van der Waals surface area (Å²) in [4.78, 5) is 19.1. The minimum atomic E-state index is -0.0405. The van der Waals surface area contributed by atoms with Gasteiger partial charge in [0.1, 0.15) is 0 Å². The van der Waals surface area contributed by atoms with Crippen molar-refractivity contribution in [3.63, 3.8) is 0 Å². The van der Waals surface area contributed by atoms with E-state index in [1.54, 1.807) is 34.8 Å². The lowest BCUT2D eigenvalue weighted by atomic mass is 10.2. The van der Waals surface area contributed by atoms with E-state index in [0.29, 0.717) is 23.6 Å². The SMILES string of the molecule is Cc1nc(-c2cccs2)c(CCC(=O)Nc2ccccc2Cl)s1. The number of thiophene rings is 1. The smallest absolute Gasteiger partial charge is 0.224 e. The zero-order valence-corrected chi connectivity index (χ0v) is 14.9. The molecule has 1 N–H and O–H groups in total. The van der Waals surface area contributed by atoms with Crippen LogP contribution in [0.15, 0.2) is 41.8 Å². The minimum absolute atomic E-state index is 0.0405. The fraction of sp³-hybridized carbons (Fsp3) is 0.176. The number of halogens is 1. The van der Waals surface area contributed by atoms with Crippen molar-refractivity contribution < 1.29 is 4.79 Å². The van der Waals surface area contributed by atoms with Gasteiger partial charge in [-0.1, -0.05) is 29.8 Å². The van der Waals surface area contributed by atoms with E-state index in [0.717, 1.165) is 20.5 Å². The first-order chi connectivity index (χ1) is 11.1. The number of hydrogen-bond acceptors (Lipinski definition) is 4. The molecule has 0 fully saturated rings. The maximum absolute atomic E-state index is 12.2. The fourth-order valence-electron chi connectivity index (χ4n) is 2.25. The Bertz CT molecular complexity index is 812. The number of aryl methyl sites for hydroxylation is 2. The van der Waals surface area contributed by atoms with Crippen LogP contribution in [0.4, 0.5) is 5.69 Å².